The minimum absolute atomic E-state index is 0.0410. The third-order valence-electron chi connectivity index (χ3n) is 8.81. The SMILES string of the molecule is COc1cc2nc(N3CCN(C(=O)C4CCCC4)CC3)nc(NC(=O)[C@@H]3CCCN3C(=O)C(C)CSC(C)=O)c2cc1OC. The molecule has 0 radical (unpaired) electrons. The molecule has 44 heavy (non-hydrogen) atoms. The highest BCUT2D eigenvalue weighted by atomic mass is 32.2. The molecule has 1 aromatic carbocycles. The van der Waals surface area contributed by atoms with E-state index < -0.39 is 6.04 Å². The number of nitrogens with zero attached hydrogens (tertiary/aromatic N) is 5. The molecule has 238 valence electrons. The quantitative estimate of drug-likeness (QED) is 0.442. The summed E-state index contributed by atoms with van der Waals surface area (Å²) in [5.74, 6) is 1.65. The lowest BCUT2D eigenvalue weighted by Gasteiger charge is -2.36. The van der Waals surface area contributed by atoms with Gasteiger partial charge in [0.1, 0.15) is 11.9 Å². The number of methoxy groups -OCH3 is 2. The number of likely N-dealkylation sites (tertiary alicyclic amines) is 1. The van der Waals surface area contributed by atoms with E-state index in [2.05, 4.69) is 5.32 Å². The van der Waals surface area contributed by atoms with Crippen molar-refractivity contribution in [1.29, 1.82) is 0 Å². The predicted octanol–water partition coefficient (Wildman–Crippen LogP) is 3.33. The molecular formula is C31H42N6O6S. The van der Waals surface area contributed by atoms with Crippen molar-refractivity contribution in [2.75, 3.05) is 62.9 Å². The fraction of sp³-hybridized carbons (Fsp3) is 0.613. The van der Waals surface area contributed by atoms with E-state index in [1.807, 2.05) is 9.80 Å². The fourth-order valence-electron chi connectivity index (χ4n) is 6.34. The molecule has 1 unspecified atom stereocenters. The predicted molar refractivity (Wildman–Crippen MR) is 169 cm³/mol. The molecule has 3 aliphatic rings. The molecule has 3 amide bonds. The zero-order valence-corrected chi connectivity index (χ0v) is 26.8. The van der Waals surface area contributed by atoms with Gasteiger partial charge in [-0.2, -0.15) is 4.98 Å². The molecule has 5 rings (SSSR count). The summed E-state index contributed by atoms with van der Waals surface area (Å²) in [6, 6.07) is 2.85. The van der Waals surface area contributed by atoms with Crippen LogP contribution in [0.15, 0.2) is 12.1 Å². The van der Waals surface area contributed by atoms with Crippen molar-refractivity contribution < 1.29 is 28.7 Å². The van der Waals surface area contributed by atoms with Gasteiger partial charge in [-0.15, -0.1) is 0 Å². The molecule has 3 heterocycles. The first kappa shape index (κ1) is 31.8. The van der Waals surface area contributed by atoms with Crippen LogP contribution in [0.2, 0.25) is 0 Å². The Morgan fingerprint density at radius 1 is 0.955 bits per heavy atom. The molecule has 2 aromatic rings. The van der Waals surface area contributed by atoms with Gasteiger partial charge in [-0.05, 0) is 31.7 Å². The second-order valence-electron chi connectivity index (χ2n) is 11.8. The Morgan fingerprint density at radius 3 is 2.30 bits per heavy atom. The molecule has 3 fully saturated rings. The number of piperazine rings is 1. The molecular weight excluding hydrogens is 584 g/mol. The summed E-state index contributed by atoms with van der Waals surface area (Å²) in [6.07, 6.45) is 5.43. The van der Waals surface area contributed by atoms with Crippen LogP contribution >= 0.6 is 11.8 Å². The van der Waals surface area contributed by atoms with E-state index in [-0.39, 0.29) is 34.7 Å². The van der Waals surface area contributed by atoms with Crippen LogP contribution in [0.25, 0.3) is 10.9 Å². The van der Waals surface area contributed by atoms with Gasteiger partial charge < -0.3 is 29.5 Å². The van der Waals surface area contributed by atoms with Crippen LogP contribution in [0, 0.1) is 11.8 Å². The summed E-state index contributed by atoms with van der Waals surface area (Å²) in [4.78, 5) is 66.6. The lowest BCUT2D eigenvalue weighted by atomic mass is 10.1. The Morgan fingerprint density at radius 2 is 1.64 bits per heavy atom. The molecule has 2 atom stereocenters. The first-order valence-electron chi connectivity index (χ1n) is 15.4. The number of fused-ring (bicyclic) bond motifs is 1. The Kier molecular flexibility index (Phi) is 10.1. The van der Waals surface area contributed by atoms with Crippen molar-refractivity contribution in [2.24, 2.45) is 11.8 Å². The molecule has 1 saturated carbocycles. The van der Waals surface area contributed by atoms with Gasteiger partial charge in [0.25, 0.3) is 0 Å². The number of ether oxygens (including phenoxy) is 2. The number of carbonyl (C=O) groups excluding carboxylic acids is 4. The van der Waals surface area contributed by atoms with Crippen LogP contribution in [0.4, 0.5) is 11.8 Å². The van der Waals surface area contributed by atoms with Gasteiger partial charge in [-0.25, -0.2) is 4.98 Å². The number of carbonyl (C=O) groups is 4. The zero-order valence-electron chi connectivity index (χ0n) is 26.0. The average Bonchev–Trinajstić information content (AvgIpc) is 3.75. The first-order valence-corrected chi connectivity index (χ1v) is 16.4. The van der Waals surface area contributed by atoms with E-state index in [0.717, 1.165) is 37.4 Å². The van der Waals surface area contributed by atoms with Crippen molar-refractivity contribution in [3.05, 3.63) is 12.1 Å². The first-order chi connectivity index (χ1) is 21.2. The maximum atomic E-state index is 13.7. The van der Waals surface area contributed by atoms with Crippen molar-refractivity contribution in [3.63, 3.8) is 0 Å². The maximum absolute atomic E-state index is 13.7. The Balaban J connectivity index is 1.38. The van der Waals surface area contributed by atoms with Crippen LogP contribution in [0.5, 0.6) is 11.5 Å². The van der Waals surface area contributed by atoms with Gasteiger partial charge in [0.2, 0.25) is 23.7 Å². The summed E-state index contributed by atoms with van der Waals surface area (Å²) in [6.45, 7) is 6.08. The highest BCUT2D eigenvalue weighted by Gasteiger charge is 2.37. The third kappa shape index (κ3) is 6.87. The lowest BCUT2D eigenvalue weighted by Crippen LogP contribution is -2.50. The monoisotopic (exact) mass is 626 g/mol. The number of nitrogens with one attached hydrogen (secondary N) is 1. The summed E-state index contributed by atoms with van der Waals surface area (Å²) in [5.41, 5.74) is 0.571. The Bertz CT molecular complexity index is 1410. The van der Waals surface area contributed by atoms with E-state index in [4.69, 9.17) is 19.4 Å². The average molecular weight is 627 g/mol. The minimum atomic E-state index is -0.647. The largest absolute Gasteiger partial charge is 0.493 e. The Hall–Kier alpha value is -3.61. The van der Waals surface area contributed by atoms with Crippen LogP contribution in [0.3, 0.4) is 0 Å². The molecule has 2 aliphatic heterocycles. The second kappa shape index (κ2) is 14.0. The molecule has 1 aromatic heterocycles. The standard InChI is InChI=1S/C31H42N6O6S/c1-19(18-44-20(2)38)29(40)37-11-7-10-24(37)28(39)33-27-22-16-25(42-3)26(43-4)17-23(22)32-31(34-27)36-14-12-35(13-15-36)30(41)21-8-5-6-9-21/h16-17,19,21,24H,5-15,18H2,1-4H3,(H,32,33,34,39)/t19?,24-/m0/s1. The zero-order chi connectivity index (χ0) is 31.4. The third-order valence-corrected chi connectivity index (χ3v) is 9.88. The summed E-state index contributed by atoms with van der Waals surface area (Å²) < 4.78 is 11.0. The number of anilines is 2. The van der Waals surface area contributed by atoms with E-state index in [1.165, 1.54) is 14.0 Å². The van der Waals surface area contributed by atoms with Crippen LogP contribution in [-0.2, 0) is 19.2 Å². The van der Waals surface area contributed by atoms with Crippen molar-refractivity contribution in [1.82, 2.24) is 19.8 Å². The van der Waals surface area contributed by atoms with E-state index in [9.17, 15) is 19.2 Å². The minimum Gasteiger partial charge on any atom is -0.493 e. The van der Waals surface area contributed by atoms with Crippen molar-refractivity contribution in [3.8, 4) is 11.5 Å². The summed E-state index contributed by atoms with van der Waals surface area (Å²) in [7, 11) is 3.09. The second-order valence-corrected chi connectivity index (χ2v) is 13.0. The number of rotatable bonds is 9. The smallest absolute Gasteiger partial charge is 0.248 e. The highest BCUT2D eigenvalue weighted by molar-refractivity contribution is 8.13. The molecule has 0 spiro atoms. The number of hydrogen-bond donors (Lipinski definition) is 1. The number of hydrogen-bond acceptors (Lipinski definition) is 10. The van der Waals surface area contributed by atoms with E-state index in [1.54, 1.807) is 31.1 Å². The van der Waals surface area contributed by atoms with Gasteiger partial charge in [-0.3, -0.25) is 19.2 Å². The van der Waals surface area contributed by atoms with E-state index >= 15 is 0 Å². The molecule has 1 N–H and O–H groups in total. The van der Waals surface area contributed by atoms with Crippen molar-refractivity contribution >= 4 is 57.3 Å². The molecule has 0 bridgehead atoms. The molecule has 12 nitrogen and oxygen atoms in total. The number of amides is 3. The topological polar surface area (TPSA) is 134 Å². The molecule has 2 saturated heterocycles. The molecule has 13 heteroatoms. The summed E-state index contributed by atoms with van der Waals surface area (Å²) in [5, 5.41) is 3.54. The van der Waals surface area contributed by atoms with Crippen LogP contribution in [0.1, 0.15) is 52.4 Å². The molecule has 1 aliphatic carbocycles. The van der Waals surface area contributed by atoms with Gasteiger partial charge in [-0.1, -0.05) is 31.5 Å². The van der Waals surface area contributed by atoms with Gasteiger partial charge in [0.15, 0.2) is 16.6 Å². The van der Waals surface area contributed by atoms with Crippen molar-refractivity contribution in [2.45, 2.75) is 58.4 Å². The normalized spacial score (nSPS) is 19.7. The van der Waals surface area contributed by atoms with Crippen LogP contribution in [-0.4, -0.2) is 101 Å². The number of aromatic nitrogens is 2. The highest BCUT2D eigenvalue weighted by Crippen LogP contribution is 2.36. The lowest BCUT2D eigenvalue weighted by molar-refractivity contribution is -0.139. The van der Waals surface area contributed by atoms with Gasteiger partial charge in [0.05, 0.1) is 19.7 Å². The summed E-state index contributed by atoms with van der Waals surface area (Å²) >= 11 is 1.12. The number of benzene rings is 1. The Labute approximate surface area is 262 Å². The fourth-order valence-corrected chi connectivity index (χ4v) is 6.96. The van der Waals surface area contributed by atoms with E-state index in [0.29, 0.717) is 85.5 Å². The maximum Gasteiger partial charge on any atom is 0.248 e. The number of thioether (sulfide) groups is 1. The van der Waals surface area contributed by atoms with Gasteiger partial charge in [0, 0.05) is 68.7 Å². The van der Waals surface area contributed by atoms with Crippen LogP contribution < -0.4 is 19.7 Å². The van der Waals surface area contributed by atoms with Gasteiger partial charge >= 0.3 is 0 Å².